The minimum atomic E-state index is 0.415. The molecule has 0 saturated heterocycles. The van der Waals surface area contributed by atoms with Gasteiger partial charge in [-0.05, 0) is 55.9 Å². The first-order chi connectivity index (χ1) is 17.6. The van der Waals surface area contributed by atoms with Gasteiger partial charge in [0.2, 0.25) is 0 Å². The van der Waals surface area contributed by atoms with Crippen molar-refractivity contribution in [2.75, 3.05) is 6.54 Å². The lowest BCUT2D eigenvalue weighted by molar-refractivity contribution is 0.296. The molecule has 36 heavy (non-hydrogen) atoms. The molecule has 0 spiro atoms. The van der Waals surface area contributed by atoms with Gasteiger partial charge in [0.1, 0.15) is 0 Å². The third-order valence-electron chi connectivity index (χ3n) is 6.41. The predicted octanol–water partition coefficient (Wildman–Crippen LogP) is 7.60. The van der Waals surface area contributed by atoms with Gasteiger partial charge in [-0.2, -0.15) is 0 Å². The molecule has 3 aromatic rings. The van der Waals surface area contributed by atoms with E-state index in [9.17, 15) is 0 Å². The number of hydrogen-bond donors (Lipinski definition) is 2. The van der Waals surface area contributed by atoms with Crippen molar-refractivity contribution in [2.45, 2.75) is 59.8 Å². The number of benzene rings is 1. The summed E-state index contributed by atoms with van der Waals surface area (Å²) in [6.07, 6.45) is 19.4. The first-order valence-corrected chi connectivity index (χ1v) is 13.1. The van der Waals surface area contributed by atoms with Crippen molar-refractivity contribution >= 4 is 22.8 Å². The molecule has 5 heteroatoms. The van der Waals surface area contributed by atoms with Gasteiger partial charge in [0.25, 0.3) is 0 Å². The fourth-order valence-electron chi connectivity index (χ4n) is 4.50. The summed E-state index contributed by atoms with van der Waals surface area (Å²) in [5.41, 5.74) is 10.3. The number of aromatic amines is 1. The first kappa shape index (κ1) is 27.2. The highest BCUT2D eigenvalue weighted by atomic mass is 15.5. The molecule has 3 rings (SSSR count). The second-order valence-corrected chi connectivity index (χ2v) is 9.28. The standard InChI is InChI=1S/C31H41N5/c1-6-9-10-13-25(5)31(8-3)36(23-30(33-17-7-2)27-19-24(4)20-32-21-27)35-18-16-26-22-34-29-15-12-11-14-28(26)29/h7-8,11-12,14-15,17,19-23,25,34-35H,2,6,9-10,13,16,18H2,1,3-5H3/b30-23-,31-8-,33-17?. The summed E-state index contributed by atoms with van der Waals surface area (Å²) in [7, 11) is 0. The number of hydrogen-bond acceptors (Lipinski definition) is 4. The fourth-order valence-corrected chi connectivity index (χ4v) is 4.50. The maximum atomic E-state index is 4.71. The Morgan fingerprint density at radius 3 is 2.83 bits per heavy atom. The zero-order chi connectivity index (χ0) is 25.8. The number of fused-ring (bicyclic) bond motifs is 1. The van der Waals surface area contributed by atoms with Gasteiger partial charge >= 0.3 is 0 Å². The second-order valence-electron chi connectivity index (χ2n) is 9.28. The highest BCUT2D eigenvalue weighted by molar-refractivity contribution is 5.83. The van der Waals surface area contributed by atoms with Crippen LogP contribution >= 0.6 is 0 Å². The molecule has 2 aromatic heterocycles. The molecule has 0 aliphatic heterocycles. The Morgan fingerprint density at radius 2 is 2.08 bits per heavy atom. The summed E-state index contributed by atoms with van der Waals surface area (Å²) in [6, 6.07) is 10.6. The van der Waals surface area contributed by atoms with Crippen LogP contribution in [0.15, 0.2) is 84.5 Å². The molecule has 1 unspecified atom stereocenters. The molecule has 1 aromatic carbocycles. The van der Waals surface area contributed by atoms with E-state index in [1.54, 1.807) is 12.3 Å². The van der Waals surface area contributed by atoms with Crippen LogP contribution in [0.1, 0.15) is 63.1 Å². The maximum Gasteiger partial charge on any atom is 0.0895 e. The molecule has 2 N–H and O–H groups in total. The van der Waals surface area contributed by atoms with Crippen LogP contribution in [0.3, 0.4) is 0 Å². The lowest BCUT2D eigenvalue weighted by atomic mass is 9.99. The Kier molecular flexibility index (Phi) is 10.7. The van der Waals surface area contributed by atoms with E-state index in [-0.39, 0.29) is 0 Å². The normalized spacial score (nSPS) is 13.4. The predicted molar refractivity (Wildman–Crippen MR) is 155 cm³/mol. The number of nitrogens with one attached hydrogen (secondary N) is 2. The number of H-pyrrole nitrogens is 1. The highest BCUT2D eigenvalue weighted by Gasteiger charge is 2.16. The SMILES string of the molecule is C=CC=N/C(=C\N(NCCc1c[nH]c2ccccc12)/C(=C\C)C(C)CCCCC)c1cncc(C)c1. The zero-order valence-corrected chi connectivity index (χ0v) is 22.3. The fraction of sp³-hybridized carbons (Fsp3) is 0.355. The number of pyridine rings is 1. The van der Waals surface area contributed by atoms with Gasteiger partial charge in [0.15, 0.2) is 0 Å². The van der Waals surface area contributed by atoms with Gasteiger partial charge in [-0.3, -0.25) is 15.0 Å². The molecule has 0 fully saturated rings. The molecule has 0 aliphatic rings. The molecule has 0 aliphatic carbocycles. The number of allylic oxidation sites excluding steroid dienone is 3. The summed E-state index contributed by atoms with van der Waals surface area (Å²) in [4.78, 5) is 12.5. The molecule has 1 atom stereocenters. The third kappa shape index (κ3) is 7.53. The average Bonchev–Trinajstić information content (AvgIpc) is 3.30. The van der Waals surface area contributed by atoms with E-state index in [1.165, 1.54) is 41.4 Å². The minimum absolute atomic E-state index is 0.415. The van der Waals surface area contributed by atoms with Crippen LogP contribution in [0.5, 0.6) is 0 Å². The number of rotatable bonds is 14. The Balaban J connectivity index is 1.89. The molecule has 0 saturated carbocycles. The van der Waals surface area contributed by atoms with E-state index in [1.807, 2.05) is 12.4 Å². The van der Waals surface area contributed by atoms with E-state index in [0.29, 0.717) is 5.92 Å². The topological polar surface area (TPSA) is 56.3 Å². The number of nitrogens with zero attached hydrogens (tertiary/aromatic N) is 3. The molecule has 190 valence electrons. The van der Waals surface area contributed by atoms with Crippen molar-refractivity contribution in [1.29, 1.82) is 0 Å². The quantitative estimate of drug-likeness (QED) is 0.141. The van der Waals surface area contributed by atoms with E-state index in [2.05, 4.69) is 103 Å². The summed E-state index contributed by atoms with van der Waals surface area (Å²) >= 11 is 0. The number of unbranched alkanes of at least 4 members (excludes halogenated alkanes) is 2. The number of aryl methyl sites for hydroxylation is 1. The van der Waals surface area contributed by atoms with Gasteiger partial charge in [0.05, 0.1) is 5.70 Å². The molecule has 0 amide bonds. The highest BCUT2D eigenvalue weighted by Crippen LogP contribution is 2.25. The zero-order valence-electron chi connectivity index (χ0n) is 22.3. The maximum absolute atomic E-state index is 4.71. The monoisotopic (exact) mass is 483 g/mol. The van der Waals surface area contributed by atoms with Crippen LogP contribution in [-0.2, 0) is 6.42 Å². The summed E-state index contributed by atoms with van der Waals surface area (Å²) in [5.74, 6) is 0.415. The van der Waals surface area contributed by atoms with E-state index in [0.717, 1.165) is 36.2 Å². The molecular weight excluding hydrogens is 442 g/mol. The minimum Gasteiger partial charge on any atom is -0.361 e. The summed E-state index contributed by atoms with van der Waals surface area (Å²) in [5, 5.41) is 3.45. The van der Waals surface area contributed by atoms with Crippen molar-refractivity contribution in [2.24, 2.45) is 10.9 Å². The summed E-state index contributed by atoms with van der Waals surface area (Å²) < 4.78 is 0. The van der Waals surface area contributed by atoms with Crippen LogP contribution < -0.4 is 5.43 Å². The molecule has 5 nitrogen and oxygen atoms in total. The Morgan fingerprint density at radius 1 is 1.25 bits per heavy atom. The molecular formula is C31H41N5. The number of hydrazine groups is 1. The smallest absolute Gasteiger partial charge is 0.0895 e. The second kappa shape index (κ2) is 14.2. The van der Waals surface area contributed by atoms with Crippen LogP contribution in [0, 0.1) is 12.8 Å². The molecule has 2 heterocycles. The van der Waals surface area contributed by atoms with E-state index >= 15 is 0 Å². The van der Waals surface area contributed by atoms with Gasteiger partial charge in [-0.1, -0.05) is 70.0 Å². The van der Waals surface area contributed by atoms with E-state index < -0.39 is 0 Å². The van der Waals surface area contributed by atoms with Crippen molar-refractivity contribution in [1.82, 2.24) is 20.4 Å². The van der Waals surface area contributed by atoms with Crippen molar-refractivity contribution < 1.29 is 0 Å². The van der Waals surface area contributed by atoms with Crippen LogP contribution in [0.25, 0.3) is 16.6 Å². The van der Waals surface area contributed by atoms with Gasteiger partial charge in [-0.15, -0.1) is 0 Å². The number of aliphatic imine (C=N–C) groups is 1. The van der Waals surface area contributed by atoms with Gasteiger partial charge < -0.3 is 4.98 Å². The average molecular weight is 484 g/mol. The number of aromatic nitrogens is 2. The van der Waals surface area contributed by atoms with Crippen LogP contribution in [0.4, 0.5) is 0 Å². The Hall–Kier alpha value is -3.44. The lowest BCUT2D eigenvalue weighted by Gasteiger charge is -2.29. The van der Waals surface area contributed by atoms with Gasteiger partial charge in [-0.25, -0.2) is 5.43 Å². The molecule has 0 bridgehead atoms. The van der Waals surface area contributed by atoms with Crippen molar-refractivity contribution in [3.63, 3.8) is 0 Å². The number of para-hydroxylation sites is 1. The van der Waals surface area contributed by atoms with Crippen LogP contribution in [-0.4, -0.2) is 27.7 Å². The van der Waals surface area contributed by atoms with Crippen LogP contribution in [0.2, 0.25) is 0 Å². The van der Waals surface area contributed by atoms with Crippen molar-refractivity contribution in [3.05, 3.63) is 96.2 Å². The Bertz CT molecular complexity index is 1200. The first-order valence-electron chi connectivity index (χ1n) is 13.1. The Labute approximate surface area is 216 Å². The van der Waals surface area contributed by atoms with E-state index in [4.69, 9.17) is 4.99 Å². The summed E-state index contributed by atoms with van der Waals surface area (Å²) in [6.45, 7) is 13.3. The van der Waals surface area contributed by atoms with Gasteiger partial charge in [0, 0.05) is 59.7 Å². The van der Waals surface area contributed by atoms with Crippen molar-refractivity contribution in [3.8, 4) is 0 Å². The molecule has 0 radical (unpaired) electrons. The third-order valence-corrected chi connectivity index (χ3v) is 6.41. The lowest BCUT2D eigenvalue weighted by Crippen LogP contribution is -2.36. The largest absolute Gasteiger partial charge is 0.361 e.